The highest BCUT2D eigenvalue weighted by Gasteiger charge is 2.06. The number of thiophene rings is 1. The van der Waals surface area contributed by atoms with Crippen molar-refractivity contribution in [1.82, 2.24) is 0 Å². The predicted octanol–water partition coefficient (Wildman–Crippen LogP) is 5.01. The minimum absolute atomic E-state index is 1.29. The number of fused-ring (bicyclic) bond motifs is 5. The van der Waals surface area contributed by atoms with Crippen molar-refractivity contribution in [2.75, 3.05) is 0 Å². The van der Waals surface area contributed by atoms with Gasteiger partial charge in [-0.05, 0) is 23.6 Å². The fourth-order valence-corrected chi connectivity index (χ4v) is 3.62. The molecule has 0 saturated carbocycles. The molecule has 3 aromatic carbocycles. The fourth-order valence-electron chi connectivity index (χ4n) is 2.39. The molecule has 0 aliphatic heterocycles. The molecule has 1 aromatic heterocycles. The summed E-state index contributed by atoms with van der Waals surface area (Å²) in [6.07, 6.45) is 0. The highest BCUT2D eigenvalue weighted by atomic mass is 32.1. The van der Waals surface area contributed by atoms with Gasteiger partial charge in [-0.2, -0.15) is 0 Å². The summed E-state index contributed by atoms with van der Waals surface area (Å²) in [5, 5.41) is 5.32. The molecular weight excluding hydrogens is 224 g/mol. The first-order valence-electron chi connectivity index (χ1n) is 5.63. The average molecular weight is 233 g/mol. The van der Waals surface area contributed by atoms with Crippen LogP contribution in [0, 0.1) is 6.07 Å². The van der Waals surface area contributed by atoms with Gasteiger partial charge >= 0.3 is 0 Å². The maximum Gasteiger partial charge on any atom is 0.0434 e. The Hall–Kier alpha value is -1.86. The molecule has 1 heteroatoms. The van der Waals surface area contributed by atoms with Gasteiger partial charge < -0.3 is 0 Å². The summed E-state index contributed by atoms with van der Waals surface area (Å²) in [7, 11) is 0. The Morgan fingerprint density at radius 2 is 1.76 bits per heavy atom. The largest absolute Gasteiger partial charge is 0.135 e. The van der Waals surface area contributed by atoms with E-state index in [1.165, 1.54) is 30.9 Å². The van der Waals surface area contributed by atoms with Gasteiger partial charge in [-0.3, -0.25) is 0 Å². The van der Waals surface area contributed by atoms with E-state index < -0.39 is 0 Å². The summed E-state index contributed by atoms with van der Waals surface area (Å²) in [5.74, 6) is 0. The van der Waals surface area contributed by atoms with Gasteiger partial charge in [0.2, 0.25) is 0 Å². The molecule has 79 valence electrons. The molecule has 0 atom stereocenters. The zero-order valence-corrected chi connectivity index (χ0v) is 9.92. The monoisotopic (exact) mass is 233 g/mol. The van der Waals surface area contributed by atoms with Gasteiger partial charge in [0.25, 0.3) is 0 Å². The quantitative estimate of drug-likeness (QED) is 0.400. The lowest BCUT2D eigenvalue weighted by Gasteiger charge is -1.98. The van der Waals surface area contributed by atoms with Crippen LogP contribution in [0.2, 0.25) is 0 Å². The van der Waals surface area contributed by atoms with Crippen LogP contribution in [0.25, 0.3) is 30.9 Å². The maximum absolute atomic E-state index is 3.18. The predicted molar refractivity (Wildman–Crippen MR) is 75.7 cm³/mol. The summed E-state index contributed by atoms with van der Waals surface area (Å²) in [4.78, 5) is 0. The topological polar surface area (TPSA) is 0 Å². The second-order valence-corrected chi connectivity index (χ2v) is 5.24. The lowest BCUT2D eigenvalue weighted by atomic mass is 10.1. The van der Waals surface area contributed by atoms with E-state index in [0.29, 0.717) is 0 Å². The van der Waals surface area contributed by atoms with Crippen LogP contribution in [-0.4, -0.2) is 0 Å². The Labute approximate surface area is 103 Å². The van der Waals surface area contributed by atoms with Gasteiger partial charge in [-0.15, -0.1) is 11.3 Å². The molecule has 1 heterocycles. The highest BCUT2D eigenvalue weighted by Crippen LogP contribution is 2.37. The van der Waals surface area contributed by atoms with Crippen LogP contribution < -0.4 is 0 Å². The van der Waals surface area contributed by atoms with E-state index in [1.807, 2.05) is 17.4 Å². The van der Waals surface area contributed by atoms with Crippen molar-refractivity contribution in [2.45, 2.75) is 0 Å². The Morgan fingerprint density at radius 3 is 2.76 bits per heavy atom. The molecule has 4 rings (SSSR count). The van der Waals surface area contributed by atoms with Gasteiger partial charge in [0.05, 0.1) is 0 Å². The van der Waals surface area contributed by atoms with Crippen LogP contribution >= 0.6 is 11.3 Å². The molecule has 0 bridgehead atoms. The third-order valence-electron chi connectivity index (χ3n) is 3.21. The molecule has 17 heavy (non-hydrogen) atoms. The molecule has 0 aliphatic rings. The molecule has 1 radical (unpaired) electrons. The summed E-state index contributed by atoms with van der Waals surface area (Å²) in [6, 6.07) is 22.4. The molecule has 4 aromatic rings. The molecule has 0 saturated heterocycles. The van der Waals surface area contributed by atoms with E-state index in [0.717, 1.165) is 0 Å². The van der Waals surface area contributed by atoms with Crippen LogP contribution in [0.1, 0.15) is 0 Å². The zero-order valence-electron chi connectivity index (χ0n) is 9.10. The molecule has 0 N–H and O–H groups in total. The second kappa shape index (κ2) is 3.31. The van der Waals surface area contributed by atoms with Crippen LogP contribution in [0.5, 0.6) is 0 Å². The van der Waals surface area contributed by atoms with Crippen molar-refractivity contribution in [3.8, 4) is 0 Å². The second-order valence-electron chi connectivity index (χ2n) is 4.19. The smallest absolute Gasteiger partial charge is 0.0434 e. The first-order valence-corrected chi connectivity index (χ1v) is 6.45. The first kappa shape index (κ1) is 9.20. The van der Waals surface area contributed by atoms with E-state index in [-0.39, 0.29) is 0 Å². The Bertz CT molecular complexity index is 840. The van der Waals surface area contributed by atoms with Crippen molar-refractivity contribution in [3.05, 3.63) is 60.7 Å². The Balaban J connectivity index is 2.34. The van der Waals surface area contributed by atoms with Gasteiger partial charge in [0, 0.05) is 25.6 Å². The molecule has 0 nitrogen and oxygen atoms in total. The normalized spacial score (nSPS) is 11.5. The van der Waals surface area contributed by atoms with Crippen molar-refractivity contribution in [1.29, 1.82) is 0 Å². The first-order chi connectivity index (χ1) is 8.43. The van der Waals surface area contributed by atoms with Crippen LogP contribution in [0.4, 0.5) is 0 Å². The van der Waals surface area contributed by atoms with E-state index in [2.05, 4.69) is 54.6 Å². The van der Waals surface area contributed by atoms with Crippen molar-refractivity contribution >= 4 is 42.3 Å². The number of hydrogen-bond donors (Lipinski definition) is 0. The maximum atomic E-state index is 3.18. The molecule has 0 fully saturated rings. The number of benzene rings is 3. The van der Waals surface area contributed by atoms with Crippen LogP contribution in [0.15, 0.2) is 54.6 Å². The van der Waals surface area contributed by atoms with Crippen LogP contribution in [-0.2, 0) is 0 Å². The molecule has 0 amide bonds. The molecule has 0 aliphatic carbocycles. The van der Waals surface area contributed by atoms with Crippen LogP contribution in [0.3, 0.4) is 0 Å². The number of rotatable bonds is 0. The third-order valence-corrected chi connectivity index (χ3v) is 4.43. The summed E-state index contributed by atoms with van der Waals surface area (Å²) in [5.41, 5.74) is 0. The van der Waals surface area contributed by atoms with Gasteiger partial charge in [-0.1, -0.05) is 42.5 Å². The average Bonchev–Trinajstić information content (AvgIpc) is 2.78. The van der Waals surface area contributed by atoms with Crippen molar-refractivity contribution in [3.63, 3.8) is 0 Å². The van der Waals surface area contributed by atoms with Crippen molar-refractivity contribution in [2.24, 2.45) is 0 Å². The van der Waals surface area contributed by atoms with E-state index in [1.54, 1.807) is 0 Å². The van der Waals surface area contributed by atoms with Gasteiger partial charge in [0.15, 0.2) is 0 Å². The van der Waals surface area contributed by atoms with Gasteiger partial charge in [-0.25, -0.2) is 0 Å². The molecule has 0 spiro atoms. The summed E-state index contributed by atoms with van der Waals surface area (Å²) >= 11 is 1.87. The lowest BCUT2D eigenvalue weighted by Crippen LogP contribution is -1.71. The molecule has 0 unspecified atom stereocenters. The minimum atomic E-state index is 1.29. The van der Waals surface area contributed by atoms with Crippen molar-refractivity contribution < 1.29 is 0 Å². The highest BCUT2D eigenvalue weighted by molar-refractivity contribution is 7.26. The van der Waals surface area contributed by atoms with Gasteiger partial charge in [0.1, 0.15) is 0 Å². The summed E-state index contributed by atoms with van der Waals surface area (Å²) in [6.45, 7) is 0. The molecular formula is C16H9S. The minimum Gasteiger partial charge on any atom is -0.135 e. The summed E-state index contributed by atoms with van der Waals surface area (Å²) < 4.78 is 2.74. The fraction of sp³-hybridized carbons (Fsp3) is 0. The zero-order chi connectivity index (χ0) is 11.2. The van der Waals surface area contributed by atoms with E-state index in [4.69, 9.17) is 0 Å². The Morgan fingerprint density at radius 1 is 0.824 bits per heavy atom. The van der Waals surface area contributed by atoms with E-state index >= 15 is 0 Å². The Kier molecular flexibility index (Phi) is 1.79. The third kappa shape index (κ3) is 1.23. The van der Waals surface area contributed by atoms with E-state index in [9.17, 15) is 0 Å². The number of hydrogen-bond acceptors (Lipinski definition) is 1. The standard InChI is InChI=1S/C16H9S/c1-2-6-12-11(5-1)9-10-14-13-7-3-4-8-15(13)17-16(12)14/h1,3-10H. The SMILES string of the molecule is [c]1ccc2ccc3c4ccccc4sc3c2c1. The lowest BCUT2D eigenvalue weighted by molar-refractivity contribution is 1.80.